The number of halogens is 3. The molecule has 0 atom stereocenters. The quantitative estimate of drug-likeness (QED) is 0.667. The van der Waals surface area contributed by atoms with E-state index in [-0.39, 0.29) is 11.7 Å². The number of ketones is 1. The molecule has 1 aliphatic rings. The largest absolute Gasteiger partial charge is 0.317 e. The van der Waals surface area contributed by atoms with Crippen LogP contribution in [0.1, 0.15) is 28.8 Å². The number of rotatable bonds is 2. The lowest BCUT2D eigenvalue weighted by atomic mass is 9.89. The van der Waals surface area contributed by atoms with E-state index in [0.717, 1.165) is 25.9 Å². The molecule has 0 spiro atoms. The summed E-state index contributed by atoms with van der Waals surface area (Å²) in [6.45, 7) is 1.81. The Hall–Kier alpha value is -0.280. The van der Waals surface area contributed by atoms with Crippen LogP contribution in [0.2, 0.25) is 0 Å². The molecule has 5 heteroatoms. The predicted octanol–water partition coefficient (Wildman–Crippen LogP) is 3.70. The first-order valence-electron chi connectivity index (χ1n) is 5.90. The van der Waals surface area contributed by atoms with Crippen LogP contribution in [-0.4, -0.2) is 18.9 Å². The summed E-state index contributed by atoms with van der Waals surface area (Å²) < 4.78 is -1.43. The van der Waals surface area contributed by atoms with Gasteiger partial charge in [-0.25, -0.2) is 0 Å². The third-order valence-corrected chi connectivity index (χ3v) is 3.86. The second-order valence-corrected chi connectivity index (χ2v) is 6.74. The minimum atomic E-state index is -1.43. The van der Waals surface area contributed by atoms with Crippen molar-refractivity contribution in [3.63, 3.8) is 0 Å². The van der Waals surface area contributed by atoms with E-state index >= 15 is 0 Å². The highest BCUT2D eigenvalue weighted by Crippen LogP contribution is 2.38. The molecule has 1 N–H and O–H groups in total. The Bertz CT molecular complexity index is 419. The van der Waals surface area contributed by atoms with Gasteiger partial charge in [-0.3, -0.25) is 4.79 Å². The minimum Gasteiger partial charge on any atom is -0.317 e. The molecule has 1 saturated heterocycles. The average Bonchev–Trinajstić information content (AvgIpc) is 2.38. The van der Waals surface area contributed by atoms with Crippen LogP contribution in [0.15, 0.2) is 24.3 Å². The number of piperidine rings is 1. The molecule has 18 heavy (non-hydrogen) atoms. The Morgan fingerprint density at radius 1 is 1.11 bits per heavy atom. The maximum Gasteiger partial charge on any atom is 0.216 e. The molecular formula is C13H14Cl3NO. The van der Waals surface area contributed by atoms with Crippen LogP contribution < -0.4 is 5.32 Å². The van der Waals surface area contributed by atoms with Gasteiger partial charge in [0.15, 0.2) is 5.78 Å². The summed E-state index contributed by atoms with van der Waals surface area (Å²) in [5.41, 5.74) is 1.27. The molecular weight excluding hydrogens is 293 g/mol. The molecule has 0 aliphatic carbocycles. The molecule has 0 radical (unpaired) electrons. The van der Waals surface area contributed by atoms with Crippen LogP contribution in [-0.2, 0) is 3.79 Å². The molecule has 1 heterocycles. The highest BCUT2D eigenvalue weighted by molar-refractivity contribution is 6.66. The lowest BCUT2D eigenvalue weighted by Gasteiger charge is -2.21. The molecule has 2 nitrogen and oxygen atoms in total. The Morgan fingerprint density at radius 2 is 1.67 bits per heavy atom. The van der Waals surface area contributed by atoms with Gasteiger partial charge >= 0.3 is 0 Å². The average molecular weight is 307 g/mol. The van der Waals surface area contributed by atoms with Crippen molar-refractivity contribution >= 4 is 40.6 Å². The highest BCUT2D eigenvalue weighted by atomic mass is 35.6. The summed E-state index contributed by atoms with van der Waals surface area (Å²) in [7, 11) is 0. The zero-order valence-corrected chi connectivity index (χ0v) is 12.0. The predicted molar refractivity (Wildman–Crippen MR) is 75.6 cm³/mol. The van der Waals surface area contributed by atoms with E-state index in [1.54, 1.807) is 24.3 Å². The van der Waals surface area contributed by atoms with Crippen molar-refractivity contribution in [3.8, 4) is 0 Å². The Kier molecular flexibility index (Phi) is 4.54. The van der Waals surface area contributed by atoms with Crippen molar-refractivity contribution in [1.82, 2.24) is 5.32 Å². The first kappa shape index (κ1) is 14.1. The zero-order chi connectivity index (χ0) is 13.2. The van der Waals surface area contributed by atoms with E-state index in [9.17, 15) is 4.79 Å². The van der Waals surface area contributed by atoms with Crippen molar-refractivity contribution in [2.45, 2.75) is 16.6 Å². The number of hydrogen-bond donors (Lipinski definition) is 1. The molecule has 2 rings (SSSR count). The second kappa shape index (κ2) is 5.79. The smallest absolute Gasteiger partial charge is 0.216 e. The van der Waals surface area contributed by atoms with Gasteiger partial charge < -0.3 is 5.32 Å². The van der Waals surface area contributed by atoms with Crippen molar-refractivity contribution in [2.24, 2.45) is 5.92 Å². The molecule has 1 aliphatic heterocycles. The number of carbonyl (C=O) groups excluding carboxylic acids is 1. The van der Waals surface area contributed by atoms with Gasteiger partial charge in [0.05, 0.1) is 0 Å². The number of alkyl halides is 3. The van der Waals surface area contributed by atoms with Gasteiger partial charge in [-0.05, 0) is 25.9 Å². The fourth-order valence-corrected chi connectivity index (χ4v) is 2.52. The molecule has 1 aromatic rings. The molecule has 0 amide bonds. The van der Waals surface area contributed by atoms with Crippen molar-refractivity contribution in [3.05, 3.63) is 35.4 Å². The lowest BCUT2D eigenvalue weighted by Crippen LogP contribution is -2.31. The normalized spacial score (nSPS) is 17.7. The number of nitrogens with one attached hydrogen (secondary N) is 1. The Balaban J connectivity index is 2.11. The van der Waals surface area contributed by atoms with Gasteiger partial charge in [0, 0.05) is 17.0 Å². The molecule has 1 aromatic carbocycles. The third-order valence-electron chi connectivity index (χ3n) is 3.21. The molecule has 1 fully saturated rings. The summed E-state index contributed by atoms with van der Waals surface area (Å²) in [5.74, 6) is 0.303. The van der Waals surface area contributed by atoms with Crippen LogP contribution >= 0.6 is 34.8 Å². The summed E-state index contributed by atoms with van der Waals surface area (Å²) >= 11 is 17.3. The van der Waals surface area contributed by atoms with Gasteiger partial charge in [0.1, 0.15) is 0 Å². The molecule has 0 aromatic heterocycles. The van der Waals surface area contributed by atoms with Crippen molar-refractivity contribution < 1.29 is 4.79 Å². The number of benzene rings is 1. The number of hydrogen-bond acceptors (Lipinski definition) is 2. The van der Waals surface area contributed by atoms with E-state index in [1.807, 2.05) is 0 Å². The first-order chi connectivity index (χ1) is 8.48. The van der Waals surface area contributed by atoms with E-state index in [0.29, 0.717) is 11.1 Å². The highest BCUT2D eigenvalue weighted by Gasteiger charge is 2.25. The molecule has 0 bridgehead atoms. The van der Waals surface area contributed by atoms with Crippen LogP contribution in [0.3, 0.4) is 0 Å². The summed E-state index contributed by atoms with van der Waals surface area (Å²) in [5, 5.41) is 3.25. The fourth-order valence-electron chi connectivity index (χ4n) is 2.14. The standard InChI is InChI=1S/C13H14Cl3NO/c14-13(15,16)11-3-1-9(2-4-11)12(18)10-5-7-17-8-6-10/h1-4,10,17H,5-8H2. The molecule has 0 saturated carbocycles. The topological polar surface area (TPSA) is 29.1 Å². The van der Waals surface area contributed by atoms with Crippen LogP contribution in [0.5, 0.6) is 0 Å². The third kappa shape index (κ3) is 3.39. The van der Waals surface area contributed by atoms with Crippen LogP contribution in [0.25, 0.3) is 0 Å². The zero-order valence-electron chi connectivity index (χ0n) is 9.76. The minimum absolute atomic E-state index is 0.116. The van der Waals surface area contributed by atoms with E-state index in [1.165, 1.54) is 0 Å². The molecule has 0 unspecified atom stereocenters. The van der Waals surface area contributed by atoms with Gasteiger partial charge in [-0.15, -0.1) is 0 Å². The van der Waals surface area contributed by atoms with Gasteiger partial charge in [-0.1, -0.05) is 59.1 Å². The lowest BCUT2D eigenvalue weighted by molar-refractivity contribution is 0.0895. The van der Waals surface area contributed by atoms with E-state index < -0.39 is 3.79 Å². The van der Waals surface area contributed by atoms with Gasteiger partial charge in [0.25, 0.3) is 0 Å². The summed E-state index contributed by atoms with van der Waals surface area (Å²) in [6.07, 6.45) is 1.79. The Labute approximate surface area is 122 Å². The second-order valence-electron chi connectivity index (χ2n) is 4.46. The van der Waals surface area contributed by atoms with Crippen LogP contribution in [0, 0.1) is 5.92 Å². The van der Waals surface area contributed by atoms with Gasteiger partial charge in [0.2, 0.25) is 3.79 Å². The van der Waals surface area contributed by atoms with Gasteiger partial charge in [-0.2, -0.15) is 0 Å². The van der Waals surface area contributed by atoms with Crippen molar-refractivity contribution in [2.75, 3.05) is 13.1 Å². The fraction of sp³-hybridized carbons (Fsp3) is 0.462. The summed E-state index contributed by atoms with van der Waals surface area (Å²) in [4.78, 5) is 12.2. The van der Waals surface area contributed by atoms with Crippen molar-refractivity contribution in [1.29, 1.82) is 0 Å². The maximum absolute atomic E-state index is 12.2. The Morgan fingerprint density at radius 3 is 2.17 bits per heavy atom. The van der Waals surface area contributed by atoms with Crippen LogP contribution in [0.4, 0.5) is 0 Å². The van der Waals surface area contributed by atoms with E-state index in [4.69, 9.17) is 34.8 Å². The SMILES string of the molecule is O=C(c1ccc(C(Cl)(Cl)Cl)cc1)C1CCNCC1. The number of carbonyl (C=O) groups is 1. The first-order valence-corrected chi connectivity index (χ1v) is 7.04. The summed E-state index contributed by atoms with van der Waals surface area (Å²) in [6, 6.07) is 6.87. The maximum atomic E-state index is 12.2. The molecule has 98 valence electrons. The van der Waals surface area contributed by atoms with E-state index in [2.05, 4.69) is 5.32 Å². The number of Topliss-reactive ketones (excluding diaryl/α,β-unsaturated/α-hetero) is 1. The monoisotopic (exact) mass is 305 g/mol.